The number of halogens is 1. The first-order valence-corrected chi connectivity index (χ1v) is 10.1. The Kier molecular flexibility index (Phi) is 6.09. The van der Waals surface area contributed by atoms with E-state index in [-0.39, 0.29) is 5.91 Å². The van der Waals surface area contributed by atoms with Gasteiger partial charge >= 0.3 is 0 Å². The first kappa shape index (κ1) is 20.8. The number of carbonyl (C=O) groups excluding carboxylic acids is 1. The van der Waals surface area contributed by atoms with Crippen molar-refractivity contribution in [3.8, 4) is 11.5 Å². The van der Waals surface area contributed by atoms with E-state index < -0.39 is 0 Å². The first-order valence-electron chi connectivity index (χ1n) is 9.76. The Morgan fingerprint density at radius 2 is 1.77 bits per heavy atom. The highest BCUT2D eigenvalue weighted by atomic mass is 35.5. The summed E-state index contributed by atoms with van der Waals surface area (Å²) >= 11 is 6.10. The van der Waals surface area contributed by atoms with E-state index in [9.17, 15) is 4.79 Å². The van der Waals surface area contributed by atoms with Crippen molar-refractivity contribution in [2.45, 2.75) is 13.1 Å². The molecular weight excluding hydrogens is 414 g/mol. The van der Waals surface area contributed by atoms with E-state index in [1.54, 1.807) is 32.5 Å². The molecule has 7 heteroatoms. The lowest BCUT2D eigenvalue weighted by atomic mass is 10.1. The maximum absolute atomic E-state index is 12.8. The van der Waals surface area contributed by atoms with Gasteiger partial charge in [-0.15, -0.1) is 0 Å². The minimum atomic E-state index is -0.167. The Morgan fingerprint density at radius 3 is 2.48 bits per heavy atom. The van der Waals surface area contributed by atoms with Crippen LogP contribution in [-0.2, 0) is 13.1 Å². The highest BCUT2D eigenvalue weighted by Crippen LogP contribution is 2.23. The van der Waals surface area contributed by atoms with E-state index in [0.29, 0.717) is 35.2 Å². The maximum atomic E-state index is 12.8. The van der Waals surface area contributed by atoms with Crippen LogP contribution in [0, 0.1) is 0 Å². The van der Waals surface area contributed by atoms with Crippen molar-refractivity contribution in [2.75, 3.05) is 14.2 Å². The average Bonchev–Trinajstić information content (AvgIpc) is 3.19. The average molecular weight is 436 g/mol. The standard InChI is InChI=1S/C24H22ClN3O3/c1-30-21-9-17(10-22(12-21)31-2)13-26-24(29)18-6-7-19-14-27-28(23(19)11-18)15-16-4-3-5-20(25)8-16/h3-12,14H,13,15H2,1-2H3,(H,26,29). The summed E-state index contributed by atoms with van der Waals surface area (Å²) < 4.78 is 12.4. The van der Waals surface area contributed by atoms with Gasteiger partial charge in [-0.2, -0.15) is 5.10 Å². The lowest BCUT2D eigenvalue weighted by molar-refractivity contribution is 0.0951. The van der Waals surface area contributed by atoms with Crippen LogP contribution >= 0.6 is 11.6 Å². The largest absolute Gasteiger partial charge is 0.497 e. The van der Waals surface area contributed by atoms with Gasteiger partial charge in [0.2, 0.25) is 0 Å². The molecule has 4 rings (SSSR count). The Hall–Kier alpha value is -3.51. The Balaban J connectivity index is 1.52. The fourth-order valence-electron chi connectivity index (χ4n) is 3.40. The number of nitrogens with zero attached hydrogens (tertiary/aromatic N) is 2. The number of aromatic nitrogens is 2. The van der Waals surface area contributed by atoms with Crippen molar-refractivity contribution in [1.29, 1.82) is 0 Å². The number of carbonyl (C=O) groups is 1. The van der Waals surface area contributed by atoms with Crippen molar-refractivity contribution in [1.82, 2.24) is 15.1 Å². The van der Waals surface area contributed by atoms with Crippen LogP contribution in [0.4, 0.5) is 0 Å². The quantitative estimate of drug-likeness (QED) is 0.457. The van der Waals surface area contributed by atoms with Crippen molar-refractivity contribution in [3.05, 3.63) is 88.6 Å². The molecule has 1 N–H and O–H groups in total. The molecule has 0 aliphatic rings. The molecule has 31 heavy (non-hydrogen) atoms. The molecule has 0 atom stereocenters. The number of fused-ring (bicyclic) bond motifs is 1. The van der Waals surface area contributed by atoms with E-state index in [2.05, 4.69) is 10.4 Å². The lowest BCUT2D eigenvalue weighted by Crippen LogP contribution is -2.22. The predicted molar refractivity (Wildman–Crippen MR) is 121 cm³/mol. The van der Waals surface area contributed by atoms with Gasteiger partial charge in [0.15, 0.2) is 0 Å². The third-order valence-corrected chi connectivity index (χ3v) is 5.23. The van der Waals surface area contributed by atoms with Crippen molar-refractivity contribution < 1.29 is 14.3 Å². The van der Waals surface area contributed by atoms with Gasteiger partial charge in [0.05, 0.1) is 32.5 Å². The van der Waals surface area contributed by atoms with Crippen molar-refractivity contribution >= 4 is 28.4 Å². The van der Waals surface area contributed by atoms with E-state index in [4.69, 9.17) is 21.1 Å². The van der Waals surface area contributed by atoms with Crippen LogP contribution in [0.1, 0.15) is 21.5 Å². The monoisotopic (exact) mass is 435 g/mol. The van der Waals surface area contributed by atoms with Gasteiger partial charge in [-0.1, -0.05) is 29.8 Å². The van der Waals surface area contributed by atoms with E-state index in [0.717, 1.165) is 22.0 Å². The fourth-order valence-corrected chi connectivity index (χ4v) is 3.61. The van der Waals surface area contributed by atoms with Gasteiger partial charge < -0.3 is 14.8 Å². The summed E-state index contributed by atoms with van der Waals surface area (Å²) in [5.74, 6) is 1.18. The molecule has 4 aromatic rings. The topological polar surface area (TPSA) is 65.4 Å². The normalized spacial score (nSPS) is 10.8. The lowest BCUT2D eigenvalue weighted by Gasteiger charge is -2.10. The molecule has 0 aliphatic heterocycles. The summed E-state index contributed by atoms with van der Waals surface area (Å²) in [5.41, 5.74) is 3.38. The SMILES string of the molecule is COc1cc(CNC(=O)c2ccc3cnn(Cc4cccc(Cl)c4)c3c2)cc(OC)c1. The summed E-state index contributed by atoms with van der Waals surface area (Å²) in [6, 6.07) is 18.7. The van der Waals surface area contributed by atoms with Crippen LogP contribution in [0.3, 0.4) is 0 Å². The molecule has 0 bridgehead atoms. The van der Waals surface area contributed by atoms with Crippen LogP contribution in [0.15, 0.2) is 66.9 Å². The van der Waals surface area contributed by atoms with Gasteiger partial charge in [0, 0.05) is 28.6 Å². The zero-order valence-electron chi connectivity index (χ0n) is 17.3. The molecule has 0 saturated carbocycles. The number of ether oxygens (including phenoxy) is 2. The van der Waals surface area contributed by atoms with Crippen molar-refractivity contribution in [2.24, 2.45) is 0 Å². The molecule has 3 aromatic carbocycles. The Bertz CT molecular complexity index is 1210. The number of amides is 1. The van der Waals surface area contributed by atoms with Crippen LogP contribution in [0.25, 0.3) is 10.9 Å². The third-order valence-electron chi connectivity index (χ3n) is 4.99. The molecule has 0 spiro atoms. The Morgan fingerprint density at radius 1 is 1.00 bits per heavy atom. The maximum Gasteiger partial charge on any atom is 0.251 e. The molecule has 0 radical (unpaired) electrons. The van der Waals surface area contributed by atoms with E-state index in [1.807, 2.05) is 53.2 Å². The zero-order chi connectivity index (χ0) is 21.8. The van der Waals surface area contributed by atoms with Gasteiger partial charge in [-0.3, -0.25) is 9.48 Å². The molecule has 1 aromatic heterocycles. The van der Waals surface area contributed by atoms with Crippen LogP contribution in [0.2, 0.25) is 5.02 Å². The Labute approximate surface area is 185 Å². The molecule has 0 aliphatic carbocycles. The minimum absolute atomic E-state index is 0.167. The number of hydrogen-bond donors (Lipinski definition) is 1. The molecule has 6 nitrogen and oxygen atoms in total. The number of methoxy groups -OCH3 is 2. The summed E-state index contributed by atoms with van der Waals surface area (Å²) in [7, 11) is 3.19. The zero-order valence-corrected chi connectivity index (χ0v) is 18.0. The van der Waals surface area contributed by atoms with Crippen LogP contribution in [0.5, 0.6) is 11.5 Å². The second kappa shape index (κ2) is 9.10. The molecular formula is C24H22ClN3O3. The third kappa shape index (κ3) is 4.81. The van der Waals surface area contributed by atoms with Gasteiger partial charge in [0.1, 0.15) is 11.5 Å². The van der Waals surface area contributed by atoms with E-state index in [1.165, 1.54) is 0 Å². The van der Waals surface area contributed by atoms with Crippen LogP contribution < -0.4 is 14.8 Å². The second-order valence-electron chi connectivity index (χ2n) is 7.11. The molecule has 0 unspecified atom stereocenters. The number of benzene rings is 3. The predicted octanol–water partition coefficient (Wildman–Crippen LogP) is 4.69. The number of nitrogens with one attached hydrogen (secondary N) is 1. The molecule has 1 heterocycles. The number of hydrogen-bond acceptors (Lipinski definition) is 4. The summed E-state index contributed by atoms with van der Waals surface area (Å²) in [4.78, 5) is 12.8. The smallest absolute Gasteiger partial charge is 0.251 e. The van der Waals surface area contributed by atoms with Crippen molar-refractivity contribution in [3.63, 3.8) is 0 Å². The molecule has 0 fully saturated rings. The summed E-state index contributed by atoms with van der Waals surface area (Å²) in [6.07, 6.45) is 1.80. The molecule has 158 valence electrons. The summed E-state index contributed by atoms with van der Waals surface area (Å²) in [6.45, 7) is 0.922. The molecule has 0 saturated heterocycles. The number of rotatable bonds is 7. The van der Waals surface area contributed by atoms with Gasteiger partial charge in [-0.25, -0.2) is 0 Å². The highest BCUT2D eigenvalue weighted by Gasteiger charge is 2.11. The second-order valence-corrected chi connectivity index (χ2v) is 7.55. The molecule has 1 amide bonds. The van der Waals surface area contributed by atoms with Gasteiger partial charge in [-0.05, 0) is 47.5 Å². The van der Waals surface area contributed by atoms with Crippen LogP contribution in [-0.4, -0.2) is 29.9 Å². The van der Waals surface area contributed by atoms with Gasteiger partial charge in [0.25, 0.3) is 5.91 Å². The fraction of sp³-hybridized carbons (Fsp3) is 0.167. The first-order chi connectivity index (χ1) is 15.1. The summed E-state index contributed by atoms with van der Waals surface area (Å²) in [5, 5.41) is 9.07. The van der Waals surface area contributed by atoms with E-state index >= 15 is 0 Å². The minimum Gasteiger partial charge on any atom is -0.497 e. The highest BCUT2D eigenvalue weighted by molar-refractivity contribution is 6.30.